The lowest BCUT2D eigenvalue weighted by atomic mass is 9.91. The Labute approximate surface area is 174 Å². The van der Waals surface area contributed by atoms with E-state index in [2.05, 4.69) is 30.8 Å². The molecule has 0 unspecified atom stereocenters. The zero-order valence-corrected chi connectivity index (χ0v) is 16.7. The highest BCUT2D eigenvalue weighted by Gasteiger charge is 2.22. The Morgan fingerprint density at radius 3 is 2.67 bits per heavy atom. The summed E-state index contributed by atoms with van der Waals surface area (Å²) in [6.07, 6.45) is 9.11. The van der Waals surface area contributed by atoms with E-state index in [-0.39, 0.29) is 17.8 Å². The highest BCUT2D eigenvalue weighted by Crippen LogP contribution is 2.26. The maximum atomic E-state index is 11.9. The highest BCUT2D eigenvalue weighted by molar-refractivity contribution is 5.97. The largest absolute Gasteiger partial charge is 0.379 e. The normalized spacial score (nSPS) is 18.7. The third-order valence-electron chi connectivity index (χ3n) is 5.25. The van der Waals surface area contributed by atoms with Gasteiger partial charge in [0.2, 0.25) is 0 Å². The van der Waals surface area contributed by atoms with Crippen LogP contribution in [0.25, 0.3) is 5.69 Å². The van der Waals surface area contributed by atoms with Gasteiger partial charge >= 0.3 is 0 Å². The van der Waals surface area contributed by atoms with Crippen LogP contribution in [0, 0.1) is 6.92 Å². The van der Waals surface area contributed by atoms with E-state index in [1.165, 1.54) is 4.80 Å². The number of nitrogens with zero attached hydrogens (tertiary/aromatic N) is 5. The number of amides is 1. The zero-order valence-electron chi connectivity index (χ0n) is 16.7. The molecule has 3 aromatic rings. The number of rotatable bonds is 6. The number of nitrogens with one attached hydrogen (secondary N) is 2. The zero-order chi connectivity index (χ0) is 21.1. The first kappa shape index (κ1) is 19.8. The third-order valence-corrected chi connectivity index (χ3v) is 5.25. The molecule has 3 aromatic heterocycles. The van der Waals surface area contributed by atoms with E-state index in [1.807, 2.05) is 19.1 Å². The molecule has 30 heavy (non-hydrogen) atoms. The fourth-order valence-corrected chi connectivity index (χ4v) is 3.70. The van der Waals surface area contributed by atoms with Crippen LogP contribution in [0.4, 0.5) is 17.2 Å². The van der Waals surface area contributed by atoms with E-state index in [0.29, 0.717) is 11.5 Å². The van der Waals surface area contributed by atoms with Gasteiger partial charge in [-0.2, -0.15) is 10.2 Å². The van der Waals surface area contributed by atoms with E-state index in [0.717, 1.165) is 42.8 Å². The first-order chi connectivity index (χ1) is 14.5. The van der Waals surface area contributed by atoms with Crippen molar-refractivity contribution in [1.29, 1.82) is 0 Å². The van der Waals surface area contributed by atoms with Crippen molar-refractivity contribution in [2.75, 3.05) is 10.6 Å². The molecule has 10 heteroatoms. The number of aromatic nitrogens is 5. The Kier molecular flexibility index (Phi) is 5.57. The van der Waals surface area contributed by atoms with Gasteiger partial charge in [-0.1, -0.05) is 12.8 Å². The molecule has 0 spiro atoms. The van der Waals surface area contributed by atoms with Crippen LogP contribution in [0.15, 0.2) is 36.8 Å². The molecule has 1 amide bonds. The maximum absolute atomic E-state index is 11.9. The fourth-order valence-electron chi connectivity index (χ4n) is 3.70. The smallest absolute Gasteiger partial charge is 0.269 e. The number of carbonyl (C=O) groups is 1. The van der Waals surface area contributed by atoms with Crippen molar-refractivity contribution in [3.8, 4) is 5.69 Å². The van der Waals surface area contributed by atoms with Gasteiger partial charge < -0.3 is 22.1 Å². The number of anilines is 3. The Morgan fingerprint density at radius 1 is 1.20 bits per heavy atom. The van der Waals surface area contributed by atoms with E-state index in [4.69, 9.17) is 11.5 Å². The second kappa shape index (κ2) is 8.46. The van der Waals surface area contributed by atoms with Gasteiger partial charge in [0.25, 0.3) is 5.91 Å². The number of aryl methyl sites for hydroxylation is 1. The van der Waals surface area contributed by atoms with Gasteiger partial charge in [0.05, 0.1) is 35.7 Å². The van der Waals surface area contributed by atoms with E-state index >= 15 is 0 Å². The van der Waals surface area contributed by atoms with Gasteiger partial charge in [-0.15, -0.1) is 4.80 Å². The first-order valence-electron chi connectivity index (χ1n) is 9.94. The van der Waals surface area contributed by atoms with Crippen LogP contribution in [-0.2, 0) is 0 Å². The molecule has 0 radical (unpaired) electrons. The molecule has 1 fully saturated rings. The predicted octanol–water partition coefficient (Wildman–Crippen LogP) is 1.89. The fraction of sp³-hybridized carbons (Fsp3) is 0.350. The molecule has 0 aliphatic heterocycles. The Balaban J connectivity index is 1.59. The average Bonchev–Trinajstić information content (AvgIpc) is 3.24. The topological polar surface area (TPSA) is 150 Å². The Hall–Kier alpha value is -3.53. The average molecular weight is 407 g/mol. The van der Waals surface area contributed by atoms with Crippen LogP contribution < -0.4 is 22.1 Å². The van der Waals surface area contributed by atoms with Crippen LogP contribution in [0.5, 0.6) is 0 Å². The molecule has 6 N–H and O–H groups in total. The quantitative estimate of drug-likeness (QED) is 0.484. The van der Waals surface area contributed by atoms with Gasteiger partial charge in [-0.25, -0.2) is 9.97 Å². The molecule has 1 aliphatic rings. The summed E-state index contributed by atoms with van der Waals surface area (Å²) in [7, 11) is 0. The minimum atomic E-state index is -0.618. The number of carbonyl (C=O) groups excluding carboxylic acids is 1. The van der Waals surface area contributed by atoms with Crippen LogP contribution >= 0.6 is 0 Å². The molecule has 1 saturated carbocycles. The number of primary amides is 1. The summed E-state index contributed by atoms with van der Waals surface area (Å²) in [5, 5.41) is 14.9. The van der Waals surface area contributed by atoms with Gasteiger partial charge in [0.1, 0.15) is 11.5 Å². The SMILES string of the molecule is Cc1nc(Nc2cc(N[C@@H]3CCCC[C@@H]3N)cnc2C(N)=O)ccc1-n1nccn1. The summed E-state index contributed by atoms with van der Waals surface area (Å²) in [5.41, 5.74) is 14.7. The Bertz CT molecular complexity index is 1030. The minimum Gasteiger partial charge on any atom is -0.379 e. The maximum Gasteiger partial charge on any atom is 0.269 e. The first-order valence-corrected chi connectivity index (χ1v) is 9.94. The van der Waals surface area contributed by atoms with Crippen molar-refractivity contribution in [2.24, 2.45) is 11.5 Å². The molecule has 2 atom stereocenters. The van der Waals surface area contributed by atoms with Crippen molar-refractivity contribution in [1.82, 2.24) is 25.0 Å². The molecule has 1 aliphatic carbocycles. The second-order valence-electron chi connectivity index (χ2n) is 7.43. The van der Waals surface area contributed by atoms with Crippen LogP contribution in [-0.4, -0.2) is 43.0 Å². The minimum absolute atomic E-state index is 0.0961. The van der Waals surface area contributed by atoms with Crippen molar-refractivity contribution in [3.63, 3.8) is 0 Å². The number of pyridine rings is 2. The van der Waals surface area contributed by atoms with Gasteiger partial charge in [0, 0.05) is 12.1 Å². The molecule has 0 saturated heterocycles. The van der Waals surface area contributed by atoms with Crippen molar-refractivity contribution in [3.05, 3.63) is 48.2 Å². The van der Waals surface area contributed by atoms with E-state index in [9.17, 15) is 4.79 Å². The van der Waals surface area contributed by atoms with Gasteiger partial charge in [-0.05, 0) is 38.0 Å². The summed E-state index contributed by atoms with van der Waals surface area (Å²) in [4.78, 5) is 22.2. The molecule has 0 aromatic carbocycles. The number of hydrogen-bond donors (Lipinski definition) is 4. The molecule has 4 rings (SSSR count). The lowest BCUT2D eigenvalue weighted by Gasteiger charge is -2.30. The Morgan fingerprint density at radius 2 is 1.97 bits per heavy atom. The molecular weight excluding hydrogens is 382 g/mol. The molecule has 0 bridgehead atoms. The molecule has 3 heterocycles. The van der Waals surface area contributed by atoms with Gasteiger partial charge in [0.15, 0.2) is 5.69 Å². The van der Waals surface area contributed by atoms with Crippen molar-refractivity contribution < 1.29 is 4.79 Å². The number of hydrogen-bond acceptors (Lipinski definition) is 8. The molecule has 156 valence electrons. The summed E-state index contributed by atoms with van der Waals surface area (Å²) >= 11 is 0. The van der Waals surface area contributed by atoms with Crippen molar-refractivity contribution in [2.45, 2.75) is 44.7 Å². The predicted molar refractivity (Wildman–Crippen MR) is 114 cm³/mol. The summed E-state index contributed by atoms with van der Waals surface area (Å²) in [5.74, 6) is -0.0632. The highest BCUT2D eigenvalue weighted by atomic mass is 16.1. The number of nitrogens with two attached hydrogens (primary N) is 2. The summed E-state index contributed by atoms with van der Waals surface area (Å²) in [6.45, 7) is 1.86. The van der Waals surface area contributed by atoms with Crippen molar-refractivity contribution >= 4 is 23.1 Å². The third kappa shape index (κ3) is 4.23. The van der Waals surface area contributed by atoms with E-state index < -0.39 is 5.91 Å². The molecular formula is C20H25N9O. The van der Waals surface area contributed by atoms with Crippen LogP contribution in [0.2, 0.25) is 0 Å². The standard InChI is InChI=1S/C20H25N9O/c1-12-17(29-24-8-9-25-29)6-7-18(26-12)28-16-10-13(11-23-19(16)20(22)30)27-15-5-3-2-4-14(15)21/h6-11,14-15,27H,2-5,21H2,1H3,(H2,22,30)(H,26,28)/t14-,15+/m0/s1. The summed E-state index contributed by atoms with van der Waals surface area (Å²) in [6, 6.07) is 5.72. The van der Waals surface area contributed by atoms with Crippen LogP contribution in [0.3, 0.4) is 0 Å². The summed E-state index contributed by atoms with van der Waals surface area (Å²) < 4.78 is 0. The van der Waals surface area contributed by atoms with E-state index in [1.54, 1.807) is 24.7 Å². The van der Waals surface area contributed by atoms with Gasteiger partial charge in [-0.3, -0.25) is 4.79 Å². The lowest BCUT2D eigenvalue weighted by molar-refractivity contribution is 0.0996. The lowest BCUT2D eigenvalue weighted by Crippen LogP contribution is -2.42. The van der Waals surface area contributed by atoms with Crippen LogP contribution in [0.1, 0.15) is 41.9 Å². The monoisotopic (exact) mass is 407 g/mol. The second-order valence-corrected chi connectivity index (χ2v) is 7.43. The molecule has 10 nitrogen and oxygen atoms in total.